The Hall–Kier alpha value is -3.31. The molecule has 1 N–H and O–H groups in total. The summed E-state index contributed by atoms with van der Waals surface area (Å²) in [4.78, 5) is 23.5. The van der Waals surface area contributed by atoms with Gasteiger partial charge in [0.1, 0.15) is 13.2 Å². The van der Waals surface area contributed by atoms with E-state index in [-0.39, 0.29) is 19.1 Å². The topological polar surface area (TPSA) is 64.6 Å². The van der Waals surface area contributed by atoms with E-state index in [0.29, 0.717) is 0 Å². The van der Waals surface area contributed by atoms with Gasteiger partial charge in [-0.15, -0.1) is 0 Å². The first-order valence-corrected chi connectivity index (χ1v) is 10.00. The van der Waals surface area contributed by atoms with E-state index in [9.17, 15) is 9.59 Å². The van der Waals surface area contributed by atoms with Gasteiger partial charge in [-0.25, -0.2) is 9.59 Å². The summed E-state index contributed by atoms with van der Waals surface area (Å²) < 4.78 is 10.5. The number of alkyl carbamates (subject to hydrolysis) is 1. The molecule has 0 unspecified atom stereocenters. The number of ether oxygens (including phenoxy) is 2. The molecule has 1 aliphatic carbocycles. The largest absolute Gasteiger partial charge is 0.451 e. The molecule has 152 valence electrons. The molecule has 0 heterocycles. The van der Waals surface area contributed by atoms with Gasteiger partial charge >= 0.3 is 11.5 Å². The van der Waals surface area contributed by atoms with E-state index in [4.69, 9.17) is 21.1 Å². The minimum Gasteiger partial charge on any atom is -0.451 e. The molecule has 1 atom stereocenters. The van der Waals surface area contributed by atoms with Crippen LogP contribution in [-0.4, -0.2) is 24.7 Å². The summed E-state index contributed by atoms with van der Waals surface area (Å²) in [5.41, 5.74) is 4.47. The van der Waals surface area contributed by atoms with E-state index in [1.54, 1.807) is 0 Å². The minimum atomic E-state index is -0.926. The molecule has 0 spiro atoms. The molecule has 6 heteroatoms. The molecule has 3 aromatic carbocycles. The van der Waals surface area contributed by atoms with Crippen LogP contribution in [0, 0.1) is 0 Å². The van der Waals surface area contributed by atoms with E-state index >= 15 is 0 Å². The number of hydrogen-bond donors (Lipinski definition) is 1. The van der Waals surface area contributed by atoms with Crippen molar-refractivity contribution >= 4 is 23.1 Å². The summed E-state index contributed by atoms with van der Waals surface area (Å²) in [6.45, 7) is 0.118. The van der Waals surface area contributed by atoms with Crippen LogP contribution in [0.5, 0.6) is 0 Å². The van der Waals surface area contributed by atoms with Crippen molar-refractivity contribution in [2.75, 3.05) is 13.2 Å². The molecule has 0 bridgehead atoms. The first-order valence-electron chi connectivity index (χ1n) is 9.62. The first-order chi connectivity index (χ1) is 14.6. The first kappa shape index (κ1) is 20.0. The Bertz CT molecular complexity index is 1010. The fourth-order valence-corrected chi connectivity index (χ4v) is 3.90. The van der Waals surface area contributed by atoms with Crippen molar-refractivity contribution in [1.29, 1.82) is 0 Å². The van der Waals surface area contributed by atoms with Crippen LogP contribution in [0.25, 0.3) is 11.1 Å². The molecule has 0 radical (unpaired) electrons. The van der Waals surface area contributed by atoms with Crippen molar-refractivity contribution in [3.8, 4) is 11.1 Å². The van der Waals surface area contributed by atoms with Crippen LogP contribution in [0.15, 0.2) is 78.9 Å². The molecular weight excluding hydrogens is 402 g/mol. The number of hydrogen-bond acceptors (Lipinski definition) is 4. The second-order valence-electron chi connectivity index (χ2n) is 6.98. The molecule has 0 saturated heterocycles. The maximum absolute atomic E-state index is 12.5. The van der Waals surface area contributed by atoms with Crippen LogP contribution < -0.4 is 5.32 Å². The lowest BCUT2D eigenvalue weighted by Crippen LogP contribution is -2.33. The monoisotopic (exact) mass is 421 g/mol. The molecule has 0 saturated carbocycles. The summed E-state index contributed by atoms with van der Waals surface area (Å²) in [5.74, 6) is -0.0287. The van der Waals surface area contributed by atoms with Crippen LogP contribution in [0.1, 0.15) is 28.7 Å². The number of halogens is 1. The quantitative estimate of drug-likeness (QED) is 0.523. The SMILES string of the molecule is O=C(Cl)OC[C@@H](NC(=O)OCC1c2ccccc2-c2ccccc21)c1ccccc1. The fraction of sp³-hybridized carbons (Fsp3) is 0.167. The molecule has 3 aromatic rings. The lowest BCUT2D eigenvalue weighted by Gasteiger charge is -2.20. The van der Waals surface area contributed by atoms with Crippen molar-refractivity contribution < 1.29 is 19.1 Å². The molecule has 1 aliphatic rings. The van der Waals surface area contributed by atoms with Gasteiger partial charge in [0.25, 0.3) is 0 Å². The summed E-state index contributed by atoms with van der Waals surface area (Å²) in [6.07, 6.45) is -0.587. The van der Waals surface area contributed by atoms with Crippen molar-refractivity contribution in [1.82, 2.24) is 5.32 Å². The molecule has 0 aromatic heterocycles. The predicted octanol–water partition coefficient (Wildman–Crippen LogP) is 5.64. The van der Waals surface area contributed by atoms with Gasteiger partial charge in [0.15, 0.2) is 0 Å². The van der Waals surface area contributed by atoms with Crippen molar-refractivity contribution in [3.05, 3.63) is 95.6 Å². The Balaban J connectivity index is 1.45. The lowest BCUT2D eigenvalue weighted by molar-refractivity contribution is 0.126. The highest BCUT2D eigenvalue weighted by Crippen LogP contribution is 2.44. The number of fused-ring (bicyclic) bond motifs is 3. The van der Waals surface area contributed by atoms with Crippen LogP contribution in [0.3, 0.4) is 0 Å². The van der Waals surface area contributed by atoms with E-state index in [0.717, 1.165) is 16.7 Å². The lowest BCUT2D eigenvalue weighted by atomic mass is 9.98. The summed E-state index contributed by atoms with van der Waals surface area (Å²) in [5, 5.41) is 2.76. The molecule has 0 aliphatic heterocycles. The van der Waals surface area contributed by atoms with Crippen LogP contribution in [-0.2, 0) is 9.47 Å². The van der Waals surface area contributed by atoms with E-state index in [2.05, 4.69) is 29.6 Å². The standard InChI is InChI=1S/C24H20ClNO4/c25-23(27)29-15-22(16-8-2-1-3-9-16)26-24(28)30-14-21-19-12-6-4-10-17(19)18-11-5-7-13-20(18)21/h1-13,21-22H,14-15H2,(H,26,28)/t22-/m1/s1. The Morgan fingerprint density at radius 3 is 2.00 bits per heavy atom. The third-order valence-corrected chi connectivity index (χ3v) is 5.31. The van der Waals surface area contributed by atoms with Gasteiger partial charge in [0.05, 0.1) is 6.04 Å². The highest BCUT2D eigenvalue weighted by Gasteiger charge is 2.29. The van der Waals surface area contributed by atoms with Gasteiger partial charge in [-0.3, -0.25) is 0 Å². The number of carbonyl (C=O) groups is 2. The van der Waals surface area contributed by atoms with Gasteiger partial charge in [-0.05, 0) is 27.8 Å². The Morgan fingerprint density at radius 2 is 1.40 bits per heavy atom. The molecule has 5 nitrogen and oxygen atoms in total. The third-order valence-electron chi connectivity index (χ3n) is 5.20. The average Bonchev–Trinajstić information content (AvgIpc) is 3.09. The van der Waals surface area contributed by atoms with E-state index in [1.165, 1.54) is 11.1 Å². The minimum absolute atomic E-state index is 0.0287. The van der Waals surface area contributed by atoms with Crippen LogP contribution in [0.4, 0.5) is 9.59 Å². The van der Waals surface area contributed by atoms with Crippen LogP contribution >= 0.6 is 11.6 Å². The Kier molecular flexibility index (Phi) is 6.00. The van der Waals surface area contributed by atoms with Crippen molar-refractivity contribution in [2.45, 2.75) is 12.0 Å². The summed E-state index contributed by atoms with van der Waals surface area (Å²) in [6, 6.07) is 24.9. The fourth-order valence-electron chi connectivity index (χ4n) is 3.84. The third kappa shape index (κ3) is 4.31. The normalized spacial score (nSPS) is 13.1. The maximum Gasteiger partial charge on any atom is 0.407 e. The molecular formula is C24H20ClNO4. The second kappa shape index (κ2) is 9.01. The zero-order valence-corrected chi connectivity index (χ0v) is 16.8. The summed E-state index contributed by atoms with van der Waals surface area (Å²) >= 11 is 5.28. The van der Waals surface area contributed by atoms with Gasteiger partial charge in [0, 0.05) is 17.5 Å². The van der Waals surface area contributed by atoms with Gasteiger partial charge in [-0.1, -0.05) is 78.9 Å². The maximum atomic E-state index is 12.5. The molecule has 1 amide bonds. The highest BCUT2D eigenvalue weighted by atomic mass is 35.5. The highest BCUT2D eigenvalue weighted by molar-refractivity contribution is 6.61. The van der Waals surface area contributed by atoms with Crippen LogP contribution in [0.2, 0.25) is 0 Å². The van der Waals surface area contributed by atoms with Gasteiger partial charge in [0.2, 0.25) is 0 Å². The van der Waals surface area contributed by atoms with E-state index < -0.39 is 17.6 Å². The number of rotatable bonds is 6. The Morgan fingerprint density at radius 1 is 0.833 bits per heavy atom. The number of benzene rings is 3. The Labute approximate surface area is 179 Å². The van der Waals surface area contributed by atoms with Gasteiger partial charge < -0.3 is 14.8 Å². The van der Waals surface area contributed by atoms with Gasteiger partial charge in [-0.2, -0.15) is 0 Å². The number of carbonyl (C=O) groups excluding carboxylic acids is 2. The average molecular weight is 422 g/mol. The predicted molar refractivity (Wildman–Crippen MR) is 115 cm³/mol. The molecule has 4 rings (SSSR count). The zero-order valence-electron chi connectivity index (χ0n) is 16.1. The molecule has 30 heavy (non-hydrogen) atoms. The molecule has 0 fully saturated rings. The number of nitrogens with one attached hydrogen (secondary N) is 1. The zero-order chi connectivity index (χ0) is 20.9. The van der Waals surface area contributed by atoms with Crippen molar-refractivity contribution in [3.63, 3.8) is 0 Å². The van der Waals surface area contributed by atoms with Crippen molar-refractivity contribution in [2.24, 2.45) is 0 Å². The number of amides is 1. The summed E-state index contributed by atoms with van der Waals surface area (Å²) in [7, 11) is 0. The van der Waals surface area contributed by atoms with E-state index in [1.807, 2.05) is 54.6 Å². The smallest absolute Gasteiger partial charge is 0.407 e. The second-order valence-corrected chi connectivity index (χ2v) is 7.29.